The smallest absolute Gasteiger partial charge is 0.283 e. The third-order valence-electron chi connectivity index (χ3n) is 6.40. The number of benzene rings is 2. The molecule has 0 aliphatic carbocycles. The molecule has 2 aromatic carbocycles. The Balaban J connectivity index is 1.28. The molecule has 0 saturated carbocycles. The number of ether oxygens (including phenoxy) is 1. The number of nitrogens with one attached hydrogen (secondary N) is 1. The summed E-state index contributed by atoms with van der Waals surface area (Å²) in [5.74, 6) is 0.423. The molecule has 2 aliphatic heterocycles. The van der Waals surface area contributed by atoms with E-state index in [0.29, 0.717) is 23.4 Å². The summed E-state index contributed by atoms with van der Waals surface area (Å²) in [6.07, 6.45) is 7.11. The molecule has 0 radical (unpaired) electrons. The number of aryl methyl sites for hydroxylation is 2. The third-order valence-corrected chi connectivity index (χ3v) is 7.36. The number of pyridine rings is 1. The van der Waals surface area contributed by atoms with E-state index in [0.717, 1.165) is 33.3 Å². The number of amides is 1. The van der Waals surface area contributed by atoms with Crippen molar-refractivity contribution in [1.82, 2.24) is 14.6 Å². The minimum absolute atomic E-state index is 0.00130. The Bertz CT molecular complexity index is 1690. The molecule has 1 amide bonds. The van der Waals surface area contributed by atoms with E-state index in [-0.39, 0.29) is 11.4 Å². The highest BCUT2D eigenvalue weighted by Crippen LogP contribution is 2.32. The molecule has 2 aliphatic rings. The number of nitrogens with zero attached hydrogens (tertiary/aromatic N) is 5. The minimum atomic E-state index is -0.452. The molecule has 0 spiro atoms. The van der Waals surface area contributed by atoms with Crippen LogP contribution in [-0.4, -0.2) is 43.1 Å². The Morgan fingerprint density at radius 1 is 1.11 bits per heavy atom. The van der Waals surface area contributed by atoms with Crippen LogP contribution in [0, 0.1) is 19.3 Å². The molecule has 4 aromatic rings. The van der Waals surface area contributed by atoms with Gasteiger partial charge in [0.15, 0.2) is 5.84 Å². The van der Waals surface area contributed by atoms with Gasteiger partial charge in [-0.05, 0) is 61.5 Å². The van der Waals surface area contributed by atoms with E-state index >= 15 is 0 Å². The Labute approximate surface area is 223 Å². The zero-order chi connectivity index (χ0) is 26.2. The largest absolute Gasteiger partial charge is 0.491 e. The van der Waals surface area contributed by atoms with Crippen molar-refractivity contribution >= 4 is 50.7 Å². The van der Waals surface area contributed by atoms with Gasteiger partial charge in [-0.25, -0.2) is 0 Å². The maximum atomic E-state index is 13.0. The summed E-state index contributed by atoms with van der Waals surface area (Å²) in [6, 6.07) is 17.9. The van der Waals surface area contributed by atoms with Crippen LogP contribution in [0.25, 0.3) is 17.0 Å². The van der Waals surface area contributed by atoms with Gasteiger partial charge in [0.25, 0.3) is 5.91 Å². The molecule has 0 saturated heterocycles. The molecule has 0 fully saturated rings. The van der Waals surface area contributed by atoms with Crippen LogP contribution in [0.5, 0.6) is 5.75 Å². The summed E-state index contributed by atoms with van der Waals surface area (Å²) in [4.78, 5) is 21.4. The molecule has 9 heteroatoms. The van der Waals surface area contributed by atoms with Crippen LogP contribution in [0.2, 0.25) is 0 Å². The number of hydrazone groups is 1. The number of rotatable bonds is 6. The lowest BCUT2D eigenvalue weighted by Crippen LogP contribution is -2.35. The number of aromatic nitrogens is 2. The van der Waals surface area contributed by atoms with Gasteiger partial charge < -0.3 is 9.30 Å². The highest BCUT2D eigenvalue weighted by molar-refractivity contribution is 8.27. The fraction of sp³-hybridized carbons (Fsp3) is 0.138. The fourth-order valence-corrected chi connectivity index (χ4v) is 5.43. The van der Waals surface area contributed by atoms with E-state index in [9.17, 15) is 4.79 Å². The van der Waals surface area contributed by atoms with Crippen LogP contribution in [-0.2, 0) is 11.3 Å². The molecule has 188 valence electrons. The quantitative estimate of drug-likeness (QED) is 0.344. The number of thioether (sulfide) groups is 1. The van der Waals surface area contributed by atoms with Crippen molar-refractivity contribution in [2.45, 2.75) is 20.4 Å². The van der Waals surface area contributed by atoms with Gasteiger partial charge in [-0.2, -0.15) is 15.1 Å². The van der Waals surface area contributed by atoms with Crippen LogP contribution in [0.3, 0.4) is 0 Å². The molecule has 2 aromatic heterocycles. The zero-order valence-electron chi connectivity index (χ0n) is 20.9. The molecule has 38 heavy (non-hydrogen) atoms. The van der Waals surface area contributed by atoms with Gasteiger partial charge >= 0.3 is 0 Å². The number of aliphatic imine (C=N–C) groups is 1. The molecular formula is C29H24N6O2S. The molecule has 8 nitrogen and oxygen atoms in total. The Morgan fingerprint density at radius 3 is 2.79 bits per heavy atom. The standard InChI is InChI=1S/C29H24N6O2S/c1-18-9-10-25(19(2)14-18)37-13-12-34-17-21(22-7-3-4-8-24(22)34)15-23-26(30)35-29(32-27(23)36)38-28(33-35)20-6-5-11-31-16-20/h3-11,14-17,30H,12-13H2,1-2H3/b23-15+,30-26?. The lowest BCUT2D eigenvalue weighted by molar-refractivity contribution is -0.114. The fourth-order valence-electron chi connectivity index (χ4n) is 4.54. The summed E-state index contributed by atoms with van der Waals surface area (Å²) in [5, 5.41) is 16.7. The first-order chi connectivity index (χ1) is 18.5. The lowest BCUT2D eigenvalue weighted by atomic mass is 10.1. The Hall–Kier alpha value is -4.50. The number of carbonyl (C=O) groups excluding carboxylic acids is 1. The van der Waals surface area contributed by atoms with Crippen molar-refractivity contribution in [3.05, 3.63) is 101 Å². The van der Waals surface area contributed by atoms with Gasteiger partial charge in [-0.15, -0.1) is 0 Å². The van der Waals surface area contributed by atoms with Gasteiger partial charge in [0.1, 0.15) is 17.4 Å². The highest BCUT2D eigenvalue weighted by atomic mass is 32.2. The van der Waals surface area contributed by atoms with Crippen molar-refractivity contribution in [1.29, 1.82) is 5.41 Å². The van der Waals surface area contributed by atoms with Gasteiger partial charge in [0.05, 0.1) is 12.1 Å². The van der Waals surface area contributed by atoms with Gasteiger partial charge in [-0.1, -0.05) is 35.9 Å². The number of fused-ring (bicyclic) bond motifs is 2. The maximum Gasteiger partial charge on any atom is 0.283 e. The molecular weight excluding hydrogens is 496 g/mol. The van der Waals surface area contributed by atoms with E-state index in [2.05, 4.69) is 32.6 Å². The normalized spacial score (nSPS) is 16.2. The van der Waals surface area contributed by atoms with E-state index in [4.69, 9.17) is 10.1 Å². The molecule has 0 bridgehead atoms. The Kier molecular flexibility index (Phi) is 6.13. The maximum absolute atomic E-state index is 13.0. The lowest BCUT2D eigenvalue weighted by Gasteiger charge is -2.20. The predicted molar refractivity (Wildman–Crippen MR) is 152 cm³/mol. The summed E-state index contributed by atoms with van der Waals surface area (Å²) >= 11 is 1.26. The second-order valence-electron chi connectivity index (χ2n) is 9.08. The monoisotopic (exact) mass is 520 g/mol. The molecule has 6 rings (SSSR count). The van der Waals surface area contributed by atoms with Crippen LogP contribution < -0.4 is 4.74 Å². The van der Waals surface area contributed by atoms with Crippen LogP contribution >= 0.6 is 11.8 Å². The van der Waals surface area contributed by atoms with Gasteiger partial charge in [0, 0.05) is 40.6 Å². The molecule has 0 atom stereocenters. The average molecular weight is 521 g/mol. The number of amidine groups is 2. The summed E-state index contributed by atoms with van der Waals surface area (Å²) in [7, 11) is 0. The first kappa shape index (κ1) is 23.9. The number of hydrogen-bond donors (Lipinski definition) is 1. The van der Waals surface area contributed by atoms with Gasteiger partial charge in [-0.3, -0.25) is 15.2 Å². The van der Waals surface area contributed by atoms with E-state index in [1.165, 1.54) is 22.3 Å². The molecule has 0 unspecified atom stereocenters. The van der Waals surface area contributed by atoms with Crippen LogP contribution in [0.15, 0.2) is 88.9 Å². The highest BCUT2D eigenvalue weighted by Gasteiger charge is 2.36. The van der Waals surface area contributed by atoms with Crippen molar-refractivity contribution in [3.8, 4) is 5.75 Å². The number of para-hydroxylation sites is 1. The zero-order valence-corrected chi connectivity index (χ0v) is 21.7. The molecule has 1 N–H and O–H groups in total. The Morgan fingerprint density at radius 2 is 1.97 bits per heavy atom. The summed E-state index contributed by atoms with van der Waals surface area (Å²) in [5.41, 5.74) is 5.18. The van der Waals surface area contributed by atoms with Crippen molar-refractivity contribution < 1.29 is 9.53 Å². The molecule has 4 heterocycles. The third kappa shape index (κ3) is 4.41. The summed E-state index contributed by atoms with van der Waals surface area (Å²) < 4.78 is 8.17. The van der Waals surface area contributed by atoms with Gasteiger partial charge in [0.2, 0.25) is 5.17 Å². The van der Waals surface area contributed by atoms with Crippen LogP contribution in [0.4, 0.5) is 0 Å². The van der Waals surface area contributed by atoms with E-state index < -0.39 is 5.91 Å². The van der Waals surface area contributed by atoms with E-state index in [1.807, 2.05) is 61.7 Å². The SMILES string of the molecule is Cc1ccc(OCCn2cc(/C=C3\C(=N)N4N=C(c5cccnc5)SC4=NC3=O)c3ccccc32)c(C)c1. The topological polar surface area (TPSA) is 95.9 Å². The van der Waals surface area contributed by atoms with E-state index in [1.54, 1.807) is 18.5 Å². The van der Waals surface area contributed by atoms with Crippen molar-refractivity contribution in [2.24, 2.45) is 10.1 Å². The number of carbonyl (C=O) groups is 1. The second kappa shape index (κ2) is 9.75. The second-order valence-corrected chi connectivity index (χ2v) is 10.0. The van der Waals surface area contributed by atoms with Crippen molar-refractivity contribution in [3.63, 3.8) is 0 Å². The average Bonchev–Trinajstić information content (AvgIpc) is 3.50. The van der Waals surface area contributed by atoms with Crippen LogP contribution in [0.1, 0.15) is 22.3 Å². The number of hydrogen-bond acceptors (Lipinski definition) is 6. The van der Waals surface area contributed by atoms with Crippen molar-refractivity contribution in [2.75, 3.05) is 6.61 Å². The minimum Gasteiger partial charge on any atom is -0.491 e. The first-order valence-corrected chi connectivity index (χ1v) is 13.0. The summed E-state index contributed by atoms with van der Waals surface area (Å²) in [6.45, 7) is 5.24. The first-order valence-electron chi connectivity index (χ1n) is 12.2. The predicted octanol–water partition coefficient (Wildman–Crippen LogP) is 5.40.